The van der Waals surface area contributed by atoms with Crippen LogP contribution in [0.2, 0.25) is 0 Å². The van der Waals surface area contributed by atoms with E-state index in [1.54, 1.807) is 18.2 Å². The second-order valence-corrected chi connectivity index (χ2v) is 7.21. The minimum absolute atomic E-state index is 0.566. The van der Waals surface area contributed by atoms with E-state index in [0.717, 1.165) is 0 Å². The van der Waals surface area contributed by atoms with Gasteiger partial charge < -0.3 is 9.42 Å². The molecular weight excluding hydrogens is 271 g/mol. The van der Waals surface area contributed by atoms with Crippen LogP contribution in [0.15, 0.2) is 53.9 Å². The van der Waals surface area contributed by atoms with E-state index in [1.807, 2.05) is 30.4 Å². The molecule has 1 atom stereocenters. The minimum atomic E-state index is -3.04. The SMILES string of the molecule is OP(=S)(Oc1ccccc1)C1=CC=CCC1=S. The average Bonchev–Trinajstić information content (AvgIpc) is 2.30. The molecule has 0 radical (unpaired) electrons. The van der Waals surface area contributed by atoms with Crippen molar-refractivity contribution in [2.45, 2.75) is 6.42 Å². The van der Waals surface area contributed by atoms with Crippen LogP contribution in [0.1, 0.15) is 6.42 Å². The summed E-state index contributed by atoms with van der Waals surface area (Å²) < 4.78 is 5.50. The quantitative estimate of drug-likeness (QED) is 0.678. The van der Waals surface area contributed by atoms with Gasteiger partial charge >= 0.3 is 0 Å². The molecule has 17 heavy (non-hydrogen) atoms. The molecule has 1 aliphatic rings. The Morgan fingerprint density at radius 2 is 1.94 bits per heavy atom. The molecule has 5 heteroatoms. The van der Waals surface area contributed by atoms with Gasteiger partial charge in [-0.2, -0.15) is 0 Å². The molecule has 2 nitrogen and oxygen atoms in total. The number of allylic oxidation sites excluding steroid dienone is 4. The highest BCUT2D eigenvalue weighted by atomic mass is 32.5. The molecule has 1 unspecified atom stereocenters. The molecule has 0 spiro atoms. The average molecular weight is 282 g/mol. The maximum absolute atomic E-state index is 10.3. The summed E-state index contributed by atoms with van der Waals surface area (Å²) in [5.41, 5.74) is 0. The highest BCUT2D eigenvalue weighted by Crippen LogP contribution is 2.52. The van der Waals surface area contributed by atoms with Crippen LogP contribution < -0.4 is 4.52 Å². The maximum atomic E-state index is 10.3. The summed E-state index contributed by atoms with van der Waals surface area (Å²) in [6.07, 6.45) is 6.16. The second kappa shape index (κ2) is 5.23. The zero-order valence-corrected chi connectivity index (χ0v) is 11.5. The van der Waals surface area contributed by atoms with Crippen molar-refractivity contribution < 1.29 is 9.42 Å². The van der Waals surface area contributed by atoms with Crippen molar-refractivity contribution in [3.8, 4) is 5.75 Å². The molecule has 2 rings (SSSR count). The van der Waals surface area contributed by atoms with Gasteiger partial charge in [-0.3, -0.25) is 0 Å². The van der Waals surface area contributed by atoms with Crippen molar-refractivity contribution in [1.82, 2.24) is 0 Å². The summed E-state index contributed by atoms with van der Waals surface area (Å²) in [5.74, 6) is 0.566. The Morgan fingerprint density at radius 1 is 1.24 bits per heavy atom. The van der Waals surface area contributed by atoms with Crippen molar-refractivity contribution in [3.63, 3.8) is 0 Å². The van der Waals surface area contributed by atoms with Crippen molar-refractivity contribution in [1.29, 1.82) is 0 Å². The zero-order chi connectivity index (χ0) is 12.3. The van der Waals surface area contributed by atoms with Gasteiger partial charge in [0.2, 0.25) is 0 Å². The Balaban J connectivity index is 2.25. The molecule has 0 heterocycles. The summed E-state index contributed by atoms with van der Waals surface area (Å²) in [7, 11) is 0. The van der Waals surface area contributed by atoms with E-state index in [0.29, 0.717) is 22.3 Å². The van der Waals surface area contributed by atoms with Crippen LogP contribution in [0.25, 0.3) is 0 Å². The molecule has 88 valence electrons. The molecule has 0 bridgehead atoms. The first kappa shape index (κ1) is 12.7. The number of hydrogen-bond donors (Lipinski definition) is 1. The Hall–Kier alpha value is -0.800. The molecule has 0 fully saturated rings. The highest BCUT2D eigenvalue weighted by molar-refractivity contribution is 8.12. The van der Waals surface area contributed by atoms with Crippen molar-refractivity contribution >= 4 is 35.4 Å². The van der Waals surface area contributed by atoms with Gasteiger partial charge in [0.15, 0.2) is 0 Å². The molecule has 0 saturated heterocycles. The third kappa shape index (κ3) is 3.11. The van der Waals surface area contributed by atoms with Gasteiger partial charge in [0.05, 0.1) is 5.31 Å². The third-order valence-corrected chi connectivity index (χ3v) is 5.09. The summed E-state index contributed by atoms with van der Waals surface area (Å²) in [4.78, 5) is 10.9. The van der Waals surface area contributed by atoms with E-state index in [4.69, 9.17) is 28.5 Å². The van der Waals surface area contributed by atoms with Crippen LogP contribution in [-0.4, -0.2) is 9.76 Å². The van der Waals surface area contributed by atoms with Crippen LogP contribution in [0, 0.1) is 0 Å². The molecular formula is C12H11O2PS2. The molecule has 1 aliphatic carbocycles. The number of thiocarbonyl (C=S) groups is 1. The largest absolute Gasteiger partial charge is 0.440 e. The van der Waals surface area contributed by atoms with Gasteiger partial charge in [-0.25, -0.2) is 0 Å². The Labute approximate surface area is 111 Å². The molecule has 0 aromatic heterocycles. The zero-order valence-electron chi connectivity index (χ0n) is 8.95. The van der Waals surface area contributed by atoms with Gasteiger partial charge in [-0.15, -0.1) is 0 Å². The smallest absolute Gasteiger partial charge is 0.267 e. The Kier molecular flexibility index (Phi) is 3.89. The number of rotatable bonds is 3. The normalized spacial score (nSPS) is 18.4. The third-order valence-electron chi connectivity index (χ3n) is 2.26. The van der Waals surface area contributed by atoms with Gasteiger partial charge in [0.1, 0.15) is 5.75 Å². The highest BCUT2D eigenvalue weighted by Gasteiger charge is 2.25. The van der Waals surface area contributed by atoms with Crippen molar-refractivity contribution in [2.75, 3.05) is 0 Å². The molecule has 0 amide bonds. The predicted molar refractivity (Wildman–Crippen MR) is 78.0 cm³/mol. The fourth-order valence-corrected chi connectivity index (χ4v) is 4.12. The molecule has 1 aromatic carbocycles. The Bertz CT molecular complexity index is 535. The lowest BCUT2D eigenvalue weighted by atomic mass is 10.2. The first-order valence-electron chi connectivity index (χ1n) is 5.07. The van der Waals surface area contributed by atoms with Crippen molar-refractivity contribution in [2.24, 2.45) is 0 Å². The topological polar surface area (TPSA) is 29.5 Å². The second-order valence-electron chi connectivity index (χ2n) is 3.53. The summed E-state index contributed by atoms with van der Waals surface area (Å²) >= 11 is 10.4. The fourth-order valence-electron chi connectivity index (χ4n) is 1.46. The Morgan fingerprint density at radius 3 is 2.59 bits per heavy atom. The fraction of sp³-hybridized carbons (Fsp3) is 0.0833. The number of hydrogen-bond acceptors (Lipinski definition) is 3. The van der Waals surface area contributed by atoms with Crippen LogP contribution >= 0.6 is 18.7 Å². The van der Waals surface area contributed by atoms with E-state index in [2.05, 4.69) is 0 Å². The predicted octanol–water partition coefficient (Wildman–Crippen LogP) is 3.58. The van der Waals surface area contributed by atoms with Crippen LogP contribution in [0.3, 0.4) is 0 Å². The maximum Gasteiger partial charge on any atom is 0.267 e. The minimum Gasteiger partial charge on any atom is -0.440 e. The number of benzene rings is 1. The first-order chi connectivity index (χ1) is 8.09. The van der Waals surface area contributed by atoms with E-state index >= 15 is 0 Å². The van der Waals surface area contributed by atoms with E-state index < -0.39 is 6.49 Å². The van der Waals surface area contributed by atoms with Crippen LogP contribution in [0.4, 0.5) is 0 Å². The van der Waals surface area contributed by atoms with E-state index in [1.165, 1.54) is 0 Å². The monoisotopic (exact) mass is 282 g/mol. The van der Waals surface area contributed by atoms with E-state index in [9.17, 15) is 4.89 Å². The lowest BCUT2D eigenvalue weighted by Crippen LogP contribution is -2.06. The van der Waals surface area contributed by atoms with Gasteiger partial charge in [-0.05, 0) is 30.0 Å². The number of para-hydroxylation sites is 1. The van der Waals surface area contributed by atoms with Gasteiger partial charge in [0, 0.05) is 11.3 Å². The summed E-state index contributed by atoms with van der Waals surface area (Å²) in [5, 5.41) is 0.578. The van der Waals surface area contributed by atoms with Gasteiger partial charge in [0.25, 0.3) is 6.49 Å². The van der Waals surface area contributed by atoms with Crippen LogP contribution in [0.5, 0.6) is 5.75 Å². The molecule has 1 N–H and O–H groups in total. The summed E-state index contributed by atoms with van der Waals surface area (Å²) in [6, 6.07) is 9.07. The lowest BCUT2D eigenvalue weighted by Gasteiger charge is -2.21. The van der Waals surface area contributed by atoms with Crippen LogP contribution in [-0.2, 0) is 11.8 Å². The first-order valence-corrected chi connectivity index (χ1v) is 8.16. The lowest BCUT2D eigenvalue weighted by molar-refractivity contribution is 0.493. The van der Waals surface area contributed by atoms with Gasteiger partial charge in [-0.1, -0.05) is 42.6 Å². The summed E-state index contributed by atoms with van der Waals surface area (Å²) in [6.45, 7) is -3.04. The van der Waals surface area contributed by atoms with E-state index in [-0.39, 0.29) is 0 Å². The van der Waals surface area contributed by atoms with Crippen molar-refractivity contribution in [3.05, 3.63) is 53.9 Å². The molecule has 0 saturated carbocycles. The standard InChI is InChI=1S/C12H11O2PS2/c13-15(17,11-8-4-5-9-12(11)16)14-10-6-2-1-3-7-10/h1-8H,9H2,(H,13,17). The molecule has 0 aliphatic heterocycles. The molecule has 1 aromatic rings.